The first-order valence-electron chi connectivity index (χ1n) is 4.98. The standard InChI is InChI=1S/C11H15FN2O/c1-3-14(4-2)11(15)13-10-7-5-9(12)6-8-10/h5-8H,3-4H2,1-2H3,(H,13,15). The molecule has 0 bridgehead atoms. The second kappa shape index (κ2) is 5.34. The van der Waals surface area contributed by atoms with Crippen LogP contribution in [0, 0.1) is 5.82 Å². The Morgan fingerprint density at radius 3 is 2.27 bits per heavy atom. The summed E-state index contributed by atoms with van der Waals surface area (Å²) >= 11 is 0. The molecule has 15 heavy (non-hydrogen) atoms. The van der Waals surface area contributed by atoms with Crippen LogP contribution in [-0.2, 0) is 0 Å². The molecule has 3 nitrogen and oxygen atoms in total. The summed E-state index contributed by atoms with van der Waals surface area (Å²) in [6.07, 6.45) is 0. The van der Waals surface area contributed by atoms with Gasteiger partial charge in [-0.3, -0.25) is 0 Å². The predicted octanol–water partition coefficient (Wildman–Crippen LogP) is 2.70. The lowest BCUT2D eigenvalue weighted by Crippen LogP contribution is -2.34. The van der Waals surface area contributed by atoms with Crippen molar-refractivity contribution in [2.45, 2.75) is 13.8 Å². The topological polar surface area (TPSA) is 32.3 Å². The summed E-state index contributed by atoms with van der Waals surface area (Å²) in [4.78, 5) is 13.2. The van der Waals surface area contributed by atoms with Crippen molar-refractivity contribution in [3.05, 3.63) is 30.1 Å². The van der Waals surface area contributed by atoms with Crippen LogP contribution < -0.4 is 5.32 Å². The Labute approximate surface area is 88.9 Å². The molecule has 1 rings (SSSR count). The second-order valence-electron chi connectivity index (χ2n) is 3.11. The molecule has 0 fully saturated rings. The fourth-order valence-electron chi connectivity index (χ4n) is 1.25. The third-order valence-corrected chi connectivity index (χ3v) is 2.15. The quantitative estimate of drug-likeness (QED) is 0.817. The molecule has 0 unspecified atom stereocenters. The number of carbonyl (C=O) groups is 1. The molecular weight excluding hydrogens is 195 g/mol. The Kier molecular flexibility index (Phi) is 4.09. The van der Waals surface area contributed by atoms with E-state index >= 15 is 0 Å². The number of benzene rings is 1. The van der Waals surface area contributed by atoms with E-state index in [1.165, 1.54) is 24.3 Å². The fraction of sp³-hybridized carbons (Fsp3) is 0.364. The largest absolute Gasteiger partial charge is 0.325 e. The lowest BCUT2D eigenvalue weighted by molar-refractivity contribution is 0.217. The van der Waals surface area contributed by atoms with E-state index in [4.69, 9.17) is 0 Å². The summed E-state index contributed by atoms with van der Waals surface area (Å²) in [5.74, 6) is -0.309. The van der Waals surface area contributed by atoms with Crippen LogP contribution in [0.2, 0.25) is 0 Å². The first-order chi connectivity index (χ1) is 7.17. The first-order valence-corrected chi connectivity index (χ1v) is 4.98. The number of rotatable bonds is 3. The number of halogens is 1. The minimum atomic E-state index is -0.309. The molecule has 0 aliphatic carbocycles. The van der Waals surface area contributed by atoms with Crippen LogP contribution in [0.15, 0.2) is 24.3 Å². The number of nitrogens with zero attached hydrogens (tertiary/aromatic N) is 1. The molecule has 0 atom stereocenters. The van der Waals surface area contributed by atoms with Crippen molar-refractivity contribution in [1.29, 1.82) is 0 Å². The third kappa shape index (κ3) is 3.23. The van der Waals surface area contributed by atoms with Gasteiger partial charge in [0, 0.05) is 18.8 Å². The molecule has 0 aliphatic rings. The molecule has 1 aromatic carbocycles. The number of anilines is 1. The van der Waals surface area contributed by atoms with Crippen LogP contribution in [0.5, 0.6) is 0 Å². The highest BCUT2D eigenvalue weighted by molar-refractivity contribution is 5.89. The Morgan fingerprint density at radius 1 is 1.27 bits per heavy atom. The van der Waals surface area contributed by atoms with Gasteiger partial charge in [0.2, 0.25) is 0 Å². The average Bonchev–Trinajstić information content (AvgIpc) is 2.23. The van der Waals surface area contributed by atoms with E-state index in [1.54, 1.807) is 4.90 Å². The summed E-state index contributed by atoms with van der Waals surface area (Å²) in [6.45, 7) is 5.13. The van der Waals surface area contributed by atoms with E-state index in [1.807, 2.05) is 13.8 Å². The van der Waals surface area contributed by atoms with Gasteiger partial charge < -0.3 is 10.2 Å². The van der Waals surface area contributed by atoms with E-state index in [0.29, 0.717) is 18.8 Å². The highest BCUT2D eigenvalue weighted by Gasteiger charge is 2.08. The second-order valence-corrected chi connectivity index (χ2v) is 3.11. The number of amides is 2. The van der Waals surface area contributed by atoms with Gasteiger partial charge in [-0.2, -0.15) is 0 Å². The maximum absolute atomic E-state index is 12.6. The van der Waals surface area contributed by atoms with Crippen molar-refractivity contribution in [3.63, 3.8) is 0 Å². The van der Waals surface area contributed by atoms with Gasteiger partial charge in [-0.25, -0.2) is 9.18 Å². The highest BCUT2D eigenvalue weighted by atomic mass is 19.1. The van der Waals surface area contributed by atoms with Crippen molar-refractivity contribution < 1.29 is 9.18 Å². The van der Waals surface area contributed by atoms with E-state index in [9.17, 15) is 9.18 Å². The average molecular weight is 210 g/mol. The Hall–Kier alpha value is -1.58. The molecule has 0 radical (unpaired) electrons. The summed E-state index contributed by atoms with van der Waals surface area (Å²) in [5, 5.41) is 2.69. The molecule has 2 amide bonds. The van der Waals surface area contributed by atoms with Crippen LogP contribution in [0.25, 0.3) is 0 Å². The van der Waals surface area contributed by atoms with Gasteiger partial charge in [-0.1, -0.05) is 0 Å². The highest BCUT2D eigenvalue weighted by Crippen LogP contribution is 2.09. The maximum Gasteiger partial charge on any atom is 0.321 e. The van der Waals surface area contributed by atoms with Gasteiger partial charge >= 0.3 is 6.03 Å². The van der Waals surface area contributed by atoms with E-state index in [0.717, 1.165) is 0 Å². The molecule has 0 spiro atoms. The zero-order valence-corrected chi connectivity index (χ0v) is 8.96. The molecule has 82 valence electrons. The zero-order chi connectivity index (χ0) is 11.3. The minimum absolute atomic E-state index is 0.161. The van der Waals surface area contributed by atoms with Crippen molar-refractivity contribution in [3.8, 4) is 0 Å². The molecule has 0 saturated carbocycles. The predicted molar refractivity (Wildman–Crippen MR) is 58.3 cm³/mol. The van der Waals surface area contributed by atoms with Crippen LogP contribution in [0.3, 0.4) is 0 Å². The van der Waals surface area contributed by atoms with Crippen LogP contribution in [0.4, 0.5) is 14.9 Å². The Bertz CT molecular complexity index is 320. The van der Waals surface area contributed by atoms with Crippen molar-refractivity contribution in [1.82, 2.24) is 4.90 Å². The molecule has 1 N–H and O–H groups in total. The van der Waals surface area contributed by atoms with Crippen LogP contribution in [0.1, 0.15) is 13.8 Å². The summed E-state index contributed by atoms with van der Waals surface area (Å²) < 4.78 is 12.6. The number of hydrogen-bond donors (Lipinski definition) is 1. The van der Waals surface area contributed by atoms with Gasteiger partial charge in [0.05, 0.1) is 0 Å². The van der Waals surface area contributed by atoms with Gasteiger partial charge in [0.15, 0.2) is 0 Å². The van der Waals surface area contributed by atoms with Gasteiger partial charge in [-0.05, 0) is 38.1 Å². The Balaban J connectivity index is 2.61. The van der Waals surface area contributed by atoms with Crippen molar-refractivity contribution in [2.24, 2.45) is 0 Å². The smallest absolute Gasteiger partial charge is 0.321 e. The Morgan fingerprint density at radius 2 is 1.80 bits per heavy atom. The fourth-order valence-corrected chi connectivity index (χ4v) is 1.25. The normalized spacial score (nSPS) is 9.80. The molecule has 0 heterocycles. The molecule has 1 aromatic rings. The molecule has 0 aliphatic heterocycles. The first kappa shape index (κ1) is 11.5. The number of nitrogens with one attached hydrogen (secondary N) is 1. The minimum Gasteiger partial charge on any atom is -0.325 e. The molecule has 4 heteroatoms. The molecule has 0 saturated heterocycles. The summed E-state index contributed by atoms with van der Waals surface area (Å²) in [7, 11) is 0. The van der Waals surface area contributed by atoms with E-state index in [2.05, 4.69) is 5.32 Å². The SMILES string of the molecule is CCN(CC)C(=O)Nc1ccc(F)cc1. The monoisotopic (exact) mass is 210 g/mol. The maximum atomic E-state index is 12.6. The number of hydrogen-bond acceptors (Lipinski definition) is 1. The molecular formula is C11H15FN2O. The molecule has 0 aromatic heterocycles. The van der Waals surface area contributed by atoms with Crippen LogP contribution in [-0.4, -0.2) is 24.0 Å². The van der Waals surface area contributed by atoms with Gasteiger partial charge in [0.1, 0.15) is 5.82 Å². The number of carbonyl (C=O) groups excluding carboxylic acids is 1. The van der Waals surface area contributed by atoms with Crippen molar-refractivity contribution in [2.75, 3.05) is 18.4 Å². The number of urea groups is 1. The van der Waals surface area contributed by atoms with Crippen LogP contribution >= 0.6 is 0 Å². The van der Waals surface area contributed by atoms with Gasteiger partial charge in [0.25, 0.3) is 0 Å². The van der Waals surface area contributed by atoms with E-state index in [-0.39, 0.29) is 11.8 Å². The third-order valence-electron chi connectivity index (χ3n) is 2.15. The summed E-state index contributed by atoms with van der Waals surface area (Å²) in [6, 6.07) is 5.55. The van der Waals surface area contributed by atoms with Gasteiger partial charge in [-0.15, -0.1) is 0 Å². The lowest BCUT2D eigenvalue weighted by atomic mass is 10.3. The van der Waals surface area contributed by atoms with E-state index < -0.39 is 0 Å². The lowest BCUT2D eigenvalue weighted by Gasteiger charge is -2.19. The summed E-state index contributed by atoms with van der Waals surface area (Å²) in [5.41, 5.74) is 0.605. The zero-order valence-electron chi connectivity index (χ0n) is 8.96. The van der Waals surface area contributed by atoms with Crippen molar-refractivity contribution >= 4 is 11.7 Å².